The third-order valence-electron chi connectivity index (χ3n) is 2.00. The molecule has 9 heteroatoms. The molecule has 0 fully saturated rings. The van der Waals surface area contributed by atoms with Crippen molar-refractivity contribution in [3.8, 4) is 5.75 Å². The van der Waals surface area contributed by atoms with Crippen LogP contribution < -0.4 is 5.73 Å². The number of non-ortho nitro benzene ring substituents is 1. The lowest BCUT2D eigenvalue weighted by atomic mass is 10.2. The molecule has 0 aliphatic rings. The second-order valence-corrected chi connectivity index (χ2v) is 3.43. The highest BCUT2D eigenvalue weighted by atomic mass is 16.6. The lowest BCUT2D eigenvalue weighted by molar-refractivity contribution is -0.384. The van der Waals surface area contributed by atoms with Crippen LogP contribution in [-0.4, -0.2) is 21.0 Å². The number of hydrogen-bond acceptors (Lipinski definition) is 7. The summed E-state index contributed by atoms with van der Waals surface area (Å²) < 4.78 is 0. The van der Waals surface area contributed by atoms with Gasteiger partial charge in [0.2, 0.25) is 0 Å². The van der Waals surface area contributed by atoms with E-state index in [2.05, 4.69) is 10.2 Å². The Bertz CT molecular complexity index is 590. The molecule has 0 heterocycles. The molecule has 0 aromatic heterocycles. The topological polar surface area (TPSA) is 151 Å². The highest BCUT2D eigenvalue weighted by Crippen LogP contribution is 2.31. The molecule has 0 unspecified atom stereocenters. The van der Waals surface area contributed by atoms with E-state index in [-0.39, 0.29) is 17.1 Å². The lowest BCUT2D eigenvalue weighted by Gasteiger charge is -1.99. The minimum Gasteiger partial charge on any atom is -0.510 e. The van der Waals surface area contributed by atoms with Crippen LogP contribution in [0, 0.1) is 10.1 Å². The Morgan fingerprint density at radius 1 is 1.47 bits per heavy atom. The molecule has 0 aliphatic carbocycles. The number of nitro benzene ring substituents is 1. The lowest BCUT2D eigenvalue weighted by Crippen LogP contribution is -2.13. The number of carbonyl (C=O) groups excluding carboxylic acids is 1. The van der Waals surface area contributed by atoms with Gasteiger partial charge in [-0.05, 0) is 13.0 Å². The van der Waals surface area contributed by atoms with Crippen molar-refractivity contribution in [2.75, 3.05) is 0 Å². The van der Waals surface area contributed by atoms with Crippen LogP contribution in [0.3, 0.4) is 0 Å². The van der Waals surface area contributed by atoms with E-state index >= 15 is 0 Å². The highest BCUT2D eigenvalue weighted by Gasteiger charge is 2.12. The van der Waals surface area contributed by atoms with Crippen molar-refractivity contribution in [1.82, 2.24) is 0 Å². The quantitative estimate of drug-likeness (QED) is 0.249. The molecule has 0 aliphatic heterocycles. The molecular formula is C10H10N4O5. The molecule has 4 N–H and O–H groups in total. The van der Waals surface area contributed by atoms with Crippen molar-refractivity contribution in [2.45, 2.75) is 6.92 Å². The average Bonchev–Trinajstić information content (AvgIpc) is 2.30. The number of phenols is 1. The molecule has 0 bridgehead atoms. The first kappa shape index (κ1) is 14.1. The van der Waals surface area contributed by atoms with Crippen molar-refractivity contribution in [3.63, 3.8) is 0 Å². The number of allylic oxidation sites excluding steroid dienone is 1. The van der Waals surface area contributed by atoms with Crippen LogP contribution in [0.25, 0.3) is 0 Å². The fraction of sp³-hybridized carbons (Fsp3) is 0.100. The van der Waals surface area contributed by atoms with E-state index in [9.17, 15) is 20.0 Å². The Balaban J connectivity index is 3.18. The molecule has 19 heavy (non-hydrogen) atoms. The summed E-state index contributed by atoms with van der Waals surface area (Å²) in [7, 11) is 0. The number of nitrogens with zero attached hydrogens (tertiary/aromatic N) is 3. The zero-order valence-corrected chi connectivity index (χ0v) is 9.77. The van der Waals surface area contributed by atoms with Crippen LogP contribution in [-0.2, 0) is 4.79 Å². The third kappa shape index (κ3) is 3.49. The maximum absolute atomic E-state index is 10.9. The highest BCUT2D eigenvalue weighted by molar-refractivity contribution is 5.91. The van der Waals surface area contributed by atoms with Gasteiger partial charge in [-0.1, -0.05) is 0 Å². The smallest absolute Gasteiger partial charge is 0.272 e. The van der Waals surface area contributed by atoms with Gasteiger partial charge in [0.25, 0.3) is 11.6 Å². The van der Waals surface area contributed by atoms with E-state index in [0.717, 1.165) is 18.2 Å². The van der Waals surface area contributed by atoms with Gasteiger partial charge in [-0.25, -0.2) is 0 Å². The van der Waals surface area contributed by atoms with E-state index in [1.54, 1.807) is 0 Å². The largest absolute Gasteiger partial charge is 0.510 e. The Morgan fingerprint density at radius 3 is 2.58 bits per heavy atom. The number of phenolic OH excluding ortho intramolecular Hbond substituents is 1. The van der Waals surface area contributed by atoms with E-state index in [4.69, 9.17) is 10.8 Å². The second-order valence-electron chi connectivity index (χ2n) is 3.43. The van der Waals surface area contributed by atoms with E-state index < -0.39 is 22.3 Å². The Hall–Kier alpha value is -2.97. The van der Waals surface area contributed by atoms with Crippen molar-refractivity contribution >= 4 is 17.3 Å². The van der Waals surface area contributed by atoms with Crippen LogP contribution in [0.5, 0.6) is 5.75 Å². The first-order valence-electron chi connectivity index (χ1n) is 4.91. The molecule has 0 atom stereocenters. The maximum atomic E-state index is 10.9. The molecular weight excluding hydrogens is 256 g/mol. The summed E-state index contributed by atoms with van der Waals surface area (Å²) in [6, 6.07) is 3.10. The number of aromatic hydroxyl groups is 1. The summed E-state index contributed by atoms with van der Waals surface area (Å²) in [5.74, 6) is -1.84. The van der Waals surface area contributed by atoms with Crippen molar-refractivity contribution < 1.29 is 19.9 Å². The summed E-state index contributed by atoms with van der Waals surface area (Å²) >= 11 is 0. The molecule has 9 nitrogen and oxygen atoms in total. The Labute approximate surface area is 106 Å². The zero-order chi connectivity index (χ0) is 14.6. The standard InChI is InChI=1S/C10H10N4O5/c1-5(15)9(10(11)17)13-12-7-4-6(14(18)19)2-3-8(7)16/h2-4,15-16H,1H3,(H2,11,17). The fourth-order valence-electron chi connectivity index (χ4n) is 1.11. The number of nitro groups is 1. The van der Waals surface area contributed by atoms with Crippen LogP contribution in [0.4, 0.5) is 11.4 Å². The number of rotatable bonds is 4. The predicted octanol–water partition coefficient (Wildman–Crippen LogP) is 1.66. The first-order valence-corrected chi connectivity index (χ1v) is 4.91. The number of benzene rings is 1. The van der Waals surface area contributed by atoms with Crippen molar-refractivity contribution in [1.29, 1.82) is 0 Å². The molecule has 0 radical (unpaired) electrons. The van der Waals surface area contributed by atoms with Gasteiger partial charge in [-0.3, -0.25) is 14.9 Å². The summed E-state index contributed by atoms with van der Waals surface area (Å²) in [5.41, 5.74) is 3.89. The summed E-state index contributed by atoms with van der Waals surface area (Å²) in [6.07, 6.45) is 0. The van der Waals surface area contributed by atoms with Gasteiger partial charge in [-0.15, -0.1) is 10.2 Å². The molecule has 0 saturated heterocycles. The second kappa shape index (κ2) is 5.58. The van der Waals surface area contributed by atoms with Crippen LogP contribution in [0.2, 0.25) is 0 Å². The van der Waals surface area contributed by atoms with Crippen molar-refractivity contribution in [3.05, 3.63) is 39.8 Å². The number of amides is 1. The van der Waals surface area contributed by atoms with Crippen LogP contribution in [0.1, 0.15) is 6.92 Å². The summed E-state index contributed by atoms with van der Waals surface area (Å²) in [5, 5.41) is 35.9. The van der Waals surface area contributed by atoms with Gasteiger partial charge >= 0.3 is 0 Å². The molecule has 1 rings (SSSR count). The number of hydrogen-bond donors (Lipinski definition) is 3. The molecule has 0 spiro atoms. The number of azo groups is 1. The number of nitrogens with two attached hydrogens (primary N) is 1. The van der Waals surface area contributed by atoms with Gasteiger partial charge in [0.05, 0.1) is 4.92 Å². The minimum atomic E-state index is -1.02. The molecule has 1 aromatic carbocycles. The van der Waals surface area contributed by atoms with Crippen LogP contribution in [0.15, 0.2) is 39.9 Å². The van der Waals surface area contributed by atoms with E-state index in [1.807, 2.05) is 0 Å². The van der Waals surface area contributed by atoms with Gasteiger partial charge < -0.3 is 15.9 Å². The maximum Gasteiger partial charge on any atom is 0.272 e. The van der Waals surface area contributed by atoms with Crippen LogP contribution >= 0.6 is 0 Å². The molecule has 0 saturated carbocycles. The summed E-state index contributed by atoms with van der Waals surface area (Å²) in [6.45, 7) is 1.17. The third-order valence-corrected chi connectivity index (χ3v) is 2.00. The molecule has 100 valence electrons. The number of aliphatic hydroxyl groups excluding tert-OH is 1. The average molecular weight is 266 g/mol. The number of primary amides is 1. The van der Waals surface area contributed by atoms with Gasteiger partial charge in [-0.2, -0.15) is 0 Å². The zero-order valence-electron chi connectivity index (χ0n) is 9.77. The van der Waals surface area contributed by atoms with E-state index in [1.165, 1.54) is 6.92 Å². The number of aliphatic hydroxyl groups is 1. The fourth-order valence-corrected chi connectivity index (χ4v) is 1.11. The Morgan fingerprint density at radius 2 is 2.11 bits per heavy atom. The minimum absolute atomic E-state index is 0.228. The van der Waals surface area contributed by atoms with Crippen molar-refractivity contribution in [2.24, 2.45) is 16.0 Å². The van der Waals surface area contributed by atoms with Gasteiger partial charge in [0, 0.05) is 12.1 Å². The predicted molar refractivity (Wildman–Crippen MR) is 63.8 cm³/mol. The van der Waals surface area contributed by atoms with Gasteiger partial charge in [0.15, 0.2) is 5.70 Å². The molecule has 1 amide bonds. The summed E-state index contributed by atoms with van der Waals surface area (Å²) in [4.78, 5) is 20.8. The first-order chi connectivity index (χ1) is 8.82. The SMILES string of the molecule is CC(O)=C(N=Nc1cc([N+](=O)[O-])ccc1O)C(N)=O. The molecule has 1 aromatic rings. The monoisotopic (exact) mass is 266 g/mol. The van der Waals surface area contributed by atoms with E-state index in [0.29, 0.717) is 0 Å². The number of carbonyl (C=O) groups is 1. The Kier molecular flexibility index (Phi) is 4.14. The van der Waals surface area contributed by atoms with Gasteiger partial charge in [0.1, 0.15) is 17.2 Å². The normalized spacial score (nSPS) is 12.3.